The number of carbonyl (C=O) groups excluding carboxylic acids is 1. The lowest BCUT2D eigenvalue weighted by molar-refractivity contribution is -0.383. The molecule has 8 nitrogen and oxygen atoms in total. The number of rotatable bonds is 8. The molecule has 0 aromatic heterocycles. The molecule has 0 aliphatic heterocycles. The number of nitrogens with zero attached hydrogens (tertiary/aromatic N) is 1. The normalized spacial score (nSPS) is 12.2. The van der Waals surface area contributed by atoms with E-state index in [9.17, 15) is 23.3 Å². The van der Waals surface area contributed by atoms with Gasteiger partial charge in [-0.3, -0.25) is 14.9 Å². The first-order chi connectivity index (χ1) is 14.8. The number of carbonyl (C=O) groups is 1. The second kappa shape index (κ2) is 9.82. The summed E-state index contributed by atoms with van der Waals surface area (Å²) in [5.74, 6) is -0.568. The van der Waals surface area contributed by atoms with Crippen molar-refractivity contribution in [2.24, 2.45) is 0 Å². The molecule has 10 heteroatoms. The first-order valence-corrected chi connectivity index (χ1v) is 11.4. The minimum Gasteiger partial charge on any atom is -0.320 e. The Hall–Kier alpha value is -3.08. The Morgan fingerprint density at radius 1 is 0.968 bits per heavy atom. The van der Waals surface area contributed by atoms with Gasteiger partial charge in [0.05, 0.1) is 15.9 Å². The number of halogens is 1. The molecule has 0 heterocycles. The van der Waals surface area contributed by atoms with Crippen molar-refractivity contribution in [3.63, 3.8) is 0 Å². The van der Waals surface area contributed by atoms with Gasteiger partial charge < -0.3 is 5.32 Å². The van der Waals surface area contributed by atoms with E-state index in [0.29, 0.717) is 5.56 Å². The van der Waals surface area contributed by atoms with Gasteiger partial charge in [-0.15, -0.1) is 0 Å². The van der Waals surface area contributed by atoms with Crippen LogP contribution in [0.1, 0.15) is 18.0 Å². The van der Waals surface area contributed by atoms with Crippen molar-refractivity contribution in [2.45, 2.75) is 17.4 Å². The second-order valence-electron chi connectivity index (χ2n) is 6.57. The van der Waals surface area contributed by atoms with Gasteiger partial charge in [-0.2, -0.15) is 0 Å². The standard InChI is InChI=1S/C21H18BrN3O5S/c22-16-10-12-17(13-11-16)31(29,30)24-19(15-6-2-1-3-7-15)14-21(26)23-18-8-4-5-9-20(18)25(27)28/h1-13,19,24H,14H2,(H,23,26). The molecule has 0 radical (unpaired) electrons. The van der Waals surface area contributed by atoms with Gasteiger partial charge in [-0.1, -0.05) is 58.4 Å². The van der Waals surface area contributed by atoms with E-state index in [1.807, 2.05) is 0 Å². The van der Waals surface area contributed by atoms with Crippen molar-refractivity contribution < 1.29 is 18.1 Å². The second-order valence-corrected chi connectivity index (χ2v) is 9.19. The maximum Gasteiger partial charge on any atom is 0.292 e. The van der Waals surface area contributed by atoms with Gasteiger partial charge in [0, 0.05) is 17.0 Å². The summed E-state index contributed by atoms with van der Waals surface area (Å²) in [5, 5.41) is 13.7. The van der Waals surface area contributed by atoms with Crippen molar-refractivity contribution in [3.05, 3.63) is 99.0 Å². The fraction of sp³-hybridized carbons (Fsp3) is 0.0952. The summed E-state index contributed by atoms with van der Waals surface area (Å²) < 4.78 is 29.0. The largest absolute Gasteiger partial charge is 0.320 e. The molecule has 1 amide bonds. The summed E-state index contributed by atoms with van der Waals surface area (Å²) in [6, 6.07) is 19.6. The van der Waals surface area contributed by atoms with E-state index < -0.39 is 26.9 Å². The fourth-order valence-corrected chi connectivity index (χ4v) is 4.40. The highest BCUT2D eigenvalue weighted by Crippen LogP contribution is 2.26. The summed E-state index contributed by atoms with van der Waals surface area (Å²) >= 11 is 3.26. The monoisotopic (exact) mass is 503 g/mol. The lowest BCUT2D eigenvalue weighted by Gasteiger charge is -2.19. The molecule has 1 unspecified atom stereocenters. The highest BCUT2D eigenvalue weighted by molar-refractivity contribution is 9.10. The highest BCUT2D eigenvalue weighted by atomic mass is 79.9. The third-order valence-corrected chi connectivity index (χ3v) is 6.40. The topological polar surface area (TPSA) is 118 Å². The Morgan fingerprint density at radius 3 is 2.23 bits per heavy atom. The summed E-state index contributed by atoms with van der Waals surface area (Å²) in [7, 11) is -3.92. The molecule has 160 valence electrons. The quantitative estimate of drug-likeness (QED) is 0.348. The molecule has 31 heavy (non-hydrogen) atoms. The average Bonchev–Trinajstić information content (AvgIpc) is 2.74. The Bertz CT molecular complexity index is 1190. The number of sulfonamides is 1. The van der Waals surface area contributed by atoms with Gasteiger partial charge in [0.25, 0.3) is 5.69 Å². The number of hydrogen-bond acceptors (Lipinski definition) is 5. The molecule has 0 bridgehead atoms. The number of anilines is 1. The molecule has 3 aromatic rings. The van der Waals surface area contributed by atoms with Crippen molar-refractivity contribution in [1.82, 2.24) is 4.72 Å². The van der Waals surface area contributed by atoms with Crippen molar-refractivity contribution >= 4 is 43.2 Å². The Labute approximate surface area is 187 Å². The van der Waals surface area contributed by atoms with Crippen LogP contribution in [0.4, 0.5) is 11.4 Å². The summed E-state index contributed by atoms with van der Waals surface area (Å²) in [4.78, 5) is 23.3. The van der Waals surface area contributed by atoms with E-state index >= 15 is 0 Å². The van der Waals surface area contributed by atoms with Gasteiger partial charge in [0.2, 0.25) is 15.9 Å². The van der Waals surface area contributed by atoms with Crippen molar-refractivity contribution in [1.29, 1.82) is 0 Å². The molecule has 0 fully saturated rings. The number of hydrogen-bond donors (Lipinski definition) is 2. The molecule has 1 atom stereocenters. The van der Waals surface area contributed by atoms with Gasteiger partial charge in [-0.25, -0.2) is 13.1 Å². The number of nitrogens with one attached hydrogen (secondary N) is 2. The van der Waals surface area contributed by atoms with E-state index in [4.69, 9.17) is 0 Å². The minimum atomic E-state index is -3.92. The van der Waals surface area contributed by atoms with E-state index in [1.165, 1.54) is 30.3 Å². The zero-order chi connectivity index (χ0) is 22.4. The summed E-state index contributed by atoms with van der Waals surface area (Å²) in [5.41, 5.74) is 0.378. The minimum absolute atomic E-state index is 0.0417. The van der Waals surface area contributed by atoms with Crippen LogP contribution >= 0.6 is 15.9 Å². The predicted molar refractivity (Wildman–Crippen MR) is 120 cm³/mol. The Kier molecular flexibility index (Phi) is 7.16. The maximum atomic E-state index is 12.9. The van der Waals surface area contributed by atoms with Gasteiger partial charge >= 0.3 is 0 Å². The van der Waals surface area contributed by atoms with E-state index in [1.54, 1.807) is 48.5 Å². The Morgan fingerprint density at radius 2 is 1.58 bits per heavy atom. The van der Waals surface area contributed by atoms with Crippen LogP contribution in [0.3, 0.4) is 0 Å². The first kappa shape index (κ1) is 22.6. The fourth-order valence-electron chi connectivity index (χ4n) is 2.91. The third kappa shape index (κ3) is 5.97. The van der Waals surface area contributed by atoms with E-state index in [-0.39, 0.29) is 22.7 Å². The van der Waals surface area contributed by atoms with Crippen LogP contribution in [-0.4, -0.2) is 19.2 Å². The molecule has 3 aromatic carbocycles. The van der Waals surface area contributed by atoms with Crippen LogP contribution in [0.15, 0.2) is 88.2 Å². The van der Waals surface area contributed by atoms with E-state index in [0.717, 1.165) is 4.47 Å². The number of benzene rings is 3. The lowest BCUT2D eigenvalue weighted by Crippen LogP contribution is -2.31. The van der Waals surface area contributed by atoms with Crippen LogP contribution in [0, 0.1) is 10.1 Å². The molecule has 0 saturated heterocycles. The molecule has 0 spiro atoms. The zero-order valence-corrected chi connectivity index (χ0v) is 18.5. The molecule has 0 aliphatic carbocycles. The lowest BCUT2D eigenvalue weighted by atomic mass is 10.0. The molecular weight excluding hydrogens is 486 g/mol. The Balaban J connectivity index is 1.84. The summed E-state index contributed by atoms with van der Waals surface area (Å²) in [6.07, 6.45) is -0.258. The number of para-hydroxylation sites is 2. The third-order valence-electron chi connectivity index (χ3n) is 4.39. The molecule has 3 rings (SSSR count). The SMILES string of the molecule is O=C(CC(NS(=O)(=O)c1ccc(Br)cc1)c1ccccc1)Nc1ccccc1[N+](=O)[O-]. The van der Waals surface area contributed by atoms with Gasteiger partial charge in [-0.05, 0) is 35.9 Å². The smallest absolute Gasteiger partial charge is 0.292 e. The number of amides is 1. The first-order valence-electron chi connectivity index (χ1n) is 9.12. The van der Waals surface area contributed by atoms with Crippen LogP contribution in [0.25, 0.3) is 0 Å². The number of nitro benzene ring substituents is 1. The number of nitro groups is 1. The highest BCUT2D eigenvalue weighted by Gasteiger charge is 2.25. The van der Waals surface area contributed by atoms with E-state index in [2.05, 4.69) is 26.0 Å². The molecule has 0 aliphatic rings. The molecule has 0 saturated carbocycles. The molecule has 2 N–H and O–H groups in total. The average molecular weight is 504 g/mol. The van der Waals surface area contributed by atoms with Gasteiger partial charge in [0.15, 0.2) is 0 Å². The maximum absolute atomic E-state index is 12.9. The van der Waals surface area contributed by atoms with Crippen LogP contribution in [-0.2, 0) is 14.8 Å². The van der Waals surface area contributed by atoms with Crippen molar-refractivity contribution in [3.8, 4) is 0 Å². The predicted octanol–water partition coefficient (Wildman–Crippen LogP) is 4.41. The van der Waals surface area contributed by atoms with Crippen LogP contribution < -0.4 is 10.0 Å². The zero-order valence-electron chi connectivity index (χ0n) is 16.1. The summed E-state index contributed by atoms with van der Waals surface area (Å²) in [6.45, 7) is 0. The van der Waals surface area contributed by atoms with Crippen LogP contribution in [0.2, 0.25) is 0 Å². The molecular formula is C21H18BrN3O5S. The van der Waals surface area contributed by atoms with Crippen molar-refractivity contribution in [2.75, 3.05) is 5.32 Å². The van der Waals surface area contributed by atoms with Crippen LogP contribution in [0.5, 0.6) is 0 Å². The van der Waals surface area contributed by atoms with Gasteiger partial charge in [0.1, 0.15) is 5.69 Å².